The molecule has 7 nitrogen and oxygen atoms in total. The fourth-order valence-electron chi connectivity index (χ4n) is 4.68. The molecule has 0 fully saturated rings. The maximum Gasteiger partial charge on any atom is 0.244 e. The highest BCUT2D eigenvalue weighted by atomic mass is 35.5. The Morgan fingerprint density at radius 1 is 0.875 bits per heavy atom. The Hall–Kier alpha value is -3.88. The Kier molecular flexibility index (Phi) is 9.45. The van der Waals surface area contributed by atoms with E-state index in [1.54, 1.807) is 36.4 Å². The highest BCUT2D eigenvalue weighted by Gasteiger charge is 2.33. The summed E-state index contributed by atoms with van der Waals surface area (Å²) in [5.74, 6) is -0.853. The highest BCUT2D eigenvalue weighted by molar-refractivity contribution is 7.92. The topological polar surface area (TPSA) is 86.8 Å². The van der Waals surface area contributed by atoms with Gasteiger partial charge in [0.1, 0.15) is 12.6 Å². The van der Waals surface area contributed by atoms with Crippen LogP contribution in [0.25, 0.3) is 10.8 Å². The van der Waals surface area contributed by atoms with E-state index in [9.17, 15) is 18.0 Å². The van der Waals surface area contributed by atoms with Gasteiger partial charge in [-0.15, -0.1) is 0 Å². The Labute approximate surface area is 240 Å². The Balaban J connectivity index is 1.78. The van der Waals surface area contributed by atoms with Gasteiger partial charge in [-0.25, -0.2) is 8.42 Å². The second kappa shape index (κ2) is 13.0. The number of sulfonamides is 1. The summed E-state index contributed by atoms with van der Waals surface area (Å²) in [7, 11) is -3.87. The van der Waals surface area contributed by atoms with Crippen LogP contribution in [0.5, 0.6) is 0 Å². The number of anilines is 1. The standard InChI is InChI=1S/C31H32ClN3O4S/c1-3-33-31(37)29(20-23-12-5-4-6-13-23)34(21-25-15-8-10-18-27(25)32)30(36)22-35(40(2,38)39)28-19-11-16-24-14-7-9-17-26(24)28/h4-19,29H,3,20-22H2,1-2H3,(H,33,37)/t29-/m1/s1. The average Bonchev–Trinajstić information content (AvgIpc) is 2.94. The van der Waals surface area contributed by atoms with Crippen molar-refractivity contribution < 1.29 is 18.0 Å². The number of hydrogen-bond donors (Lipinski definition) is 1. The van der Waals surface area contributed by atoms with Crippen LogP contribution in [0.1, 0.15) is 18.1 Å². The number of carbonyl (C=O) groups is 2. The van der Waals surface area contributed by atoms with Gasteiger partial charge in [-0.05, 0) is 35.6 Å². The zero-order valence-electron chi connectivity index (χ0n) is 22.5. The molecule has 0 aliphatic heterocycles. The van der Waals surface area contributed by atoms with Crippen molar-refractivity contribution in [1.29, 1.82) is 0 Å². The van der Waals surface area contributed by atoms with Crippen molar-refractivity contribution in [1.82, 2.24) is 10.2 Å². The maximum atomic E-state index is 14.2. The molecule has 0 aromatic heterocycles. The number of nitrogens with one attached hydrogen (secondary N) is 1. The number of benzene rings is 4. The number of halogens is 1. The summed E-state index contributed by atoms with van der Waals surface area (Å²) in [4.78, 5) is 29.0. The predicted octanol–water partition coefficient (Wildman–Crippen LogP) is 5.04. The van der Waals surface area contributed by atoms with Crippen molar-refractivity contribution >= 4 is 49.9 Å². The minimum absolute atomic E-state index is 0.0281. The van der Waals surface area contributed by atoms with Crippen molar-refractivity contribution in [2.24, 2.45) is 0 Å². The van der Waals surface area contributed by atoms with Gasteiger partial charge >= 0.3 is 0 Å². The van der Waals surface area contributed by atoms with Gasteiger partial charge in [-0.3, -0.25) is 13.9 Å². The van der Waals surface area contributed by atoms with Crippen LogP contribution < -0.4 is 9.62 Å². The zero-order valence-corrected chi connectivity index (χ0v) is 24.0. The van der Waals surface area contributed by atoms with Gasteiger partial charge < -0.3 is 10.2 Å². The molecule has 0 spiro atoms. The Bertz CT molecular complexity index is 1590. The smallest absolute Gasteiger partial charge is 0.244 e. The molecule has 0 bridgehead atoms. The third-order valence-electron chi connectivity index (χ3n) is 6.64. The summed E-state index contributed by atoms with van der Waals surface area (Å²) in [6, 6.07) is 28.3. The van der Waals surface area contributed by atoms with E-state index in [0.717, 1.165) is 21.5 Å². The molecule has 1 N–H and O–H groups in total. The van der Waals surface area contributed by atoms with Crippen molar-refractivity contribution in [2.45, 2.75) is 25.9 Å². The first-order chi connectivity index (χ1) is 19.2. The van der Waals surface area contributed by atoms with Crippen molar-refractivity contribution in [2.75, 3.05) is 23.7 Å². The van der Waals surface area contributed by atoms with E-state index in [4.69, 9.17) is 11.6 Å². The van der Waals surface area contributed by atoms with Crippen LogP contribution in [0.15, 0.2) is 97.1 Å². The number of carbonyl (C=O) groups excluding carboxylic acids is 2. The van der Waals surface area contributed by atoms with Crippen LogP contribution >= 0.6 is 11.6 Å². The number of hydrogen-bond acceptors (Lipinski definition) is 4. The van der Waals surface area contributed by atoms with Crippen LogP contribution in [0.4, 0.5) is 5.69 Å². The molecule has 208 valence electrons. The molecule has 0 radical (unpaired) electrons. The van der Waals surface area contributed by atoms with E-state index in [1.807, 2.05) is 67.6 Å². The van der Waals surface area contributed by atoms with Crippen molar-refractivity contribution in [3.05, 3.63) is 113 Å². The van der Waals surface area contributed by atoms with Gasteiger partial charge in [0.2, 0.25) is 21.8 Å². The molecule has 4 aromatic carbocycles. The Morgan fingerprint density at radius 3 is 2.23 bits per heavy atom. The number of amides is 2. The van der Waals surface area contributed by atoms with Crippen LogP contribution in [-0.2, 0) is 32.6 Å². The first kappa shape index (κ1) is 29.1. The molecular formula is C31H32ClN3O4S. The van der Waals surface area contributed by atoms with E-state index in [2.05, 4.69) is 5.32 Å². The molecule has 40 heavy (non-hydrogen) atoms. The van der Waals surface area contributed by atoms with Crippen LogP contribution in [0.2, 0.25) is 5.02 Å². The normalized spacial score (nSPS) is 12.1. The van der Waals surface area contributed by atoms with Crippen LogP contribution in [-0.4, -0.2) is 50.5 Å². The lowest BCUT2D eigenvalue weighted by atomic mass is 10.0. The van der Waals surface area contributed by atoms with Gasteiger partial charge in [0, 0.05) is 29.9 Å². The maximum absolute atomic E-state index is 14.2. The van der Waals surface area contributed by atoms with E-state index < -0.39 is 28.5 Å². The van der Waals surface area contributed by atoms with Gasteiger partial charge in [0.15, 0.2) is 0 Å². The first-order valence-electron chi connectivity index (χ1n) is 13.0. The number of fused-ring (bicyclic) bond motifs is 1. The summed E-state index contributed by atoms with van der Waals surface area (Å²) < 4.78 is 27.3. The molecule has 1 atom stereocenters. The second-order valence-corrected chi connectivity index (χ2v) is 11.8. The summed E-state index contributed by atoms with van der Waals surface area (Å²) in [5, 5.41) is 4.84. The molecule has 0 saturated heterocycles. The molecule has 0 aliphatic rings. The molecule has 4 aromatic rings. The minimum atomic E-state index is -3.87. The summed E-state index contributed by atoms with van der Waals surface area (Å²) in [5.41, 5.74) is 1.91. The highest BCUT2D eigenvalue weighted by Crippen LogP contribution is 2.29. The Morgan fingerprint density at radius 2 is 1.52 bits per heavy atom. The fourth-order valence-corrected chi connectivity index (χ4v) is 5.73. The van der Waals surface area contributed by atoms with E-state index in [0.29, 0.717) is 28.2 Å². The first-order valence-corrected chi connectivity index (χ1v) is 15.2. The molecule has 0 heterocycles. The largest absolute Gasteiger partial charge is 0.355 e. The SMILES string of the molecule is CCNC(=O)[C@@H](Cc1ccccc1)N(Cc1ccccc1Cl)C(=O)CN(c1cccc2ccccc12)S(C)(=O)=O. The summed E-state index contributed by atoms with van der Waals surface area (Å²) in [6.45, 7) is 1.73. The van der Waals surface area contributed by atoms with E-state index >= 15 is 0 Å². The zero-order chi connectivity index (χ0) is 28.7. The lowest BCUT2D eigenvalue weighted by Gasteiger charge is -2.33. The summed E-state index contributed by atoms with van der Waals surface area (Å²) >= 11 is 6.47. The van der Waals surface area contributed by atoms with Crippen LogP contribution in [0, 0.1) is 0 Å². The molecule has 0 saturated carbocycles. The lowest BCUT2D eigenvalue weighted by molar-refractivity contribution is -0.140. The van der Waals surface area contributed by atoms with Gasteiger partial charge in [-0.2, -0.15) is 0 Å². The van der Waals surface area contributed by atoms with Crippen molar-refractivity contribution in [3.63, 3.8) is 0 Å². The molecule has 0 aliphatic carbocycles. The van der Waals surface area contributed by atoms with E-state index in [1.165, 1.54) is 4.90 Å². The molecule has 0 unspecified atom stereocenters. The predicted molar refractivity (Wildman–Crippen MR) is 161 cm³/mol. The van der Waals surface area contributed by atoms with Gasteiger partial charge in [0.25, 0.3) is 0 Å². The lowest BCUT2D eigenvalue weighted by Crippen LogP contribution is -2.53. The molecule has 2 amide bonds. The summed E-state index contributed by atoms with van der Waals surface area (Å²) in [6.07, 6.45) is 1.32. The molecule has 4 rings (SSSR count). The number of rotatable bonds is 11. The minimum Gasteiger partial charge on any atom is -0.355 e. The van der Waals surface area contributed by atoms with Gasteiger partial charge in [0.05, 0.1) is 11.9 Å². The average molecular weight is 578 g/mol. The van der Waals surface area contributed by atoms with E-state index in [-0.39, 0.29) is 18.9 Å². The fraction of sp³-hybridized carbons (Fsp3) is 0.226. The van der Waals surface area contributed by atoms with Crippen LogP contribution in [0.3, 0.4) is 0 Å². The van der Waals surface area contributed by atoms with Crippen molar-refractivity contribution in [3.8, 4) is 0 Å². The third kappa shape index (κ3) is 7.00. The number of nitrogens with zero attached hydrogens (tertiary/aromatic N) is 2. The molecular weight excluding hydrogens is 546 g/mol. The van der Waals surface area contributed by atoms with Gasteiger partial charge in [-0.1, -0.05) is 96.5 Å². The third-order valence-corrected chi connectivity index (χ3v) is 8.13. The second-order valence-electron chi connectivity index (χ2n) is 9.48. The monoisotopic (exact) mass is 577 g/mol. The number of likely N-dealkylation sites (N-methyl/N-ethyl adjacent to an activating group) is 1. The quantitative estimate of drug-likeness (QED) is 0.271. The molecule has 9 heteroatoms.